The van der Waals surface area contributed by atoms with Crippen molar-refractivity contribution in [3.8, 4) is 0 Å². The molecule has 1 aliphatic carbocycles. The predicted octanol–water partition coefficient (Wildman–Crippen LogP) is 1.68. The summed E-state index contributed by atoms with van der Waals surface area (Å²) in [5, 5.41) is 11.5. The van der Waals surface area contributed by atoms with E-state index in [1.54, 1.807) is 0 Å². The summed E-state index contributed by atoms with van der Waals surface area (Å²) in [5.41, 5.74) is 0.481. The molecule has 1 amide bonds. The first-order valence-corrected chi connectivity index (χ1v) is 5.31. The van der Waals surface area contributed by atoms with E-state index in [1.807, 2.05) is 12.2 Å². The van der Waals surface area contributed by atoms with Gasteiger partial charge in [-0.1, -0.05) is 12.2 Å². The fraction of sp³-hybridized carbons (Fsp3) is 0.250. The molecular weight excluding hydrogens is 220 g/mol. The van der Waals surface area contributed by atoms with Crippen LogP contribution in [0.15, 0.2) is 30.6 Å². The van der Waals surface area contributed by atoms with E-state index in [-0.39, 0.29) is 17.4 Å². The number of carbonyl (C=O) groups excluding carboxylic acids is 1. The molecule has 1 heterocycles. The van der Waals surface area contributed by atoms with Crippen LogP contribution < -0.4 is 5.32 Å². The molecule has 0 atom stereocenters. The molecule has 5 heteroatoms. The van der Waals surface area contributed by atoms with Crippen LogP contribution in [-0.2, 0) is 4.79 Å². The van der Waals surface area contributed by atoms with Gasteiger partial charge in [-0.15, -0.1) is 0 Å². The molecule has 1 aliphatic rings. The average molecular weight is 232 g/mol. The number of aromatic nitrogens is 1. The third kappa shape index (κ3) is 2.69. The molecule has 0 radical (unpaired) electrons. The Morgan fingerprint density at radius 3 is 2.65 bits per heavy atom. The highest BCUT2D eigenvalue weighted by Gasteiger charge is 2.19. The number of aromatic carboxylic acids is 1. The number of nitrogens with zero attached hydrogens (tertiary/aromatic N) is 1. The molecule has 0 bridgehead atoms. The van der Waals surface area contributed by atoms with Crippen LogP contribution in [0.25, 0.3) is 0 Å². The van der Waals surface area contributed by atoms with Crippen LogP contribution in [0.2, 0.25) is 0 Å². The van der Waals surface area contributed by atoms with E-state index < -0.39 is 5.97 Å². The van der Waals surface area contributed by atoms with Crippen molar-refractivity contribution in [2.75, 3.05) is 5.32 Å². The van der Waals surface area contributed by atoms with E-state index >= 15 is 0 Å². The third-order valence-corrected chi connectivity index (χ3v) is 2.63. The smallest absolute Gasteiger partial charge is 0.337 e. The number of carboxylic acids is 1. The number of carboxylic acid groups (broad SMARTS) is 1. The van der Waals surface area contributed by atoms with Gasteiger partial charge >= 0.3 is 5.97 Å². The SMILES string of the molecule is O=C(O)c1cncc(NC(=O)C2CC=CC2)c1. The number of rotatable bonds is 3. The van der Waals surface area contributed by atoms with Crippen molar-refractivity contribution in [1.29, 1.82) is 0 Å². The molecule has 5 nitrogen and oxygen atoms in total. The third-order valence-electron chi connectivity index (χ3n) is 2.63. The molecule has 0 unspecified atom stereocenters. The van der Waals surface area contributed by atoms with Gasteiger partial charge in [0.05, 0.1) is 17.4 Å². The van der Waals surface area contributed by atoms with Crippen molar-refractivity contribution >= 4 is 17.6 Å². The second-order valence-corrected chi connectivity index (χ2v) is 3.90. The lowest BCUT2D eigenvalue weighted by atomic mass is 10.1. The molecular formula is C12H12N2O3. The molecule has 2 N–H and O–H groups in total. The Labute approximate surface area is 98.2 Å². The molecule has 1 aromatic rings. The van der Waals surface area contributed by atoms with Gasteiger partial charge in [0.25, 0.3) is 0 Å². The largest absolute Gasteiger partial charge is 0.478 e. The molecule has 0 aromatic carbocycles. The van der Waals surface area contributed by atoms with E-state index in [0.29, 0.717) is 5.69 Å². The van der Waals surface area contributed by atoms with E-state index in [9.17, 15) is 9.59 Å². The zero-order valence-electron chi connectivity index (χ0n) is 9.09. The van der Waals surface area contributed by atoms with Gasteiger partial charge in [-0.25, -0.2) is 4.79 Å². The number of hydrogen-bond donors (Lipinski definition) is 2. The second-order valence-electron chi connectivity index (χ2n) is 3.90. The van der Waals surface area contributed by atoms with Gasteiger partial charge in [0.1, 0.15) is 0 Å². The number of nitrogens with one attached hydrogen (secondary N) is 1. The van der Waals surface area contributed by atoms with Crippen LogP contribution in [0.4, 0.5) is 5.69 Å². The van der Waals surface area contributed by atoms with Crippen LogP contribution >= 0.6 is 0 Å². The van der Waals surface area contributed by atoms with Crippen LogP contribution in [-0.4, -0.2) is 22.0 Å². The Hall–Kier alpha value is -2.17. The van der Waals surface area contributed by atoms with Crippen molar-refractivity contribution < 1.29 is 14.7 Å². The van der Waals surface area contributed by atoms with Crippen LogP contribution in [0, 0.1) is 5.92 Å². The number of anilines is 1. The highest BCUT2D eigenvalue weighted by Crippen LogP contribution is 2.20. The molecule has 88 valence electrons. The summed E-state index contributed by atoms with van der Waals surface area (Å²) in [6.45, 7) is 0. The number of hydrogen-bond acceptors (Lipinski definition) is 3. The summed E-state index contributed by atoms with van der Waals surface area (Å²) < 4.78 is 0. The van der Waals surface area contributed by atoms with Gasteiger partial charge in [-0.3, -0.25) is 9.78 Å². The second kappa shape index (κ2) is 4.78. The lowest BCUT2D eigenvalue weighted by Gasteiger charge is -2.10. The van der Waals surface area contributed by atoms with Gasteiger partial charge in [0.15, 0.2) is 0 Å². The Bertz CT molecular complexity index is 474. The van der Waals surface area contributed by atoms with Gasteiger partial charge in [-0.05, 0) is 18.9 Å². The van der Waals surface area contributed by atoms with Crippen LogP contribution in [0.5, 0.6) is 0 Å². The van der Waals surface area contributed by atoms with Crippen molar-refractivity contribution in [3.63, 3.8) is 0 Å². The summed E-state index contributed by atoms with van der Waals surface area (Å²) in [4.78, 5) is 26.3. The van der Waals surface area contributed by atoms with Gasteiger partial charge in [0.2, 0.25) is 5.91 Å². The fourth-order valence-electron chi connectivity index (χ4n) is 1.70. The summed E-state index contributed by atoms with van der Waals surface area (Å²) in [5.74, 6) is -1.21. The number of carbonyl (C=O) groups is 2. The monoisotopic (exact) mass is 232 g/mol. The molecule has 0 aliphatic heterocycles. The molecule has 1 aromatic heterocycles. The Balaban J connectivity index is 2.05. The molecule has 0 spiro atoms. The van der Waals surface area contributed by atoms with Crippen molar-refractivity contribution in [2.45, 2.75) is 12.8 Å². The summed E-state index contributed by atoms with van der Waals surface area (Å²) >= 11 is 0. The standard InChI is InChI=1S/C12H12N2O3/c15-11(8-3-1-2-4-8)14-10-5-9(12(16)17)6-13-7-10/h1-2,5-8H,3-4H2,(H,14,15)(H,16,17). The predicted molar refractivity (Wildman–Crippen MR) is 61.7 cm³/mol. The van der Waals surface area contributed by atoms with Crippen molar-refractivity contribution in [2.24, 2.45) is 5.92 Å². The first-order valence-electron chi connectivity index (χ1n) is 5.31. The Morgan fingerprint density at radius 1 is 1.29 bits per heavy atom. The minimum Gasteiger partial charge on any atom is -0.478 e. The number of amides is 1. The lowest BCUT2D eigenvalue weighted by Crippen LogP contribution is -2.20. The van der Waals surface area contributed by atoms with E-state index in [4.69, 9.17) is 5.11 Å². The fourth-order valence-corrected chi connectivity index (χ4v) is 1.70. The van der Waals surface area contributed by atoms with Crippen molar-refractivity contribution in [1.82, 2.24) is 4.98 Å². The molecule has 17 heavy (non-hydrogen) atoms. The lowest BCUT2D eigenvalue weighted by molar-refractivity contribution is -0.119. The maximum Gasteiger partial charge on any atom is 0.337 e. The number of allylic oxidation sites excluding steroid dienone is 2. The first kappa shape index (κ1) is 11.3. The quantitative estimate of drug-likeness (QED) is 0.777. The van der Waals surface area contributed by atoms with Crippen LogP contribution in [0.3, 0.4) is 0 Å². The molecule has 2 rings (SSSR count). The van der Waals surface area contributed by atoms with Gasteiger partial charge in [0, 0.05) is 12.1 Å². The molecule has 0 saturated heterocycles. The minimum absolute atomic E-state index is 0.0523. The maximum absolute atomic E-state index is 11.8. The first-order chi connectivity index (χ1) is 8.16. The zero-order chi connectivity index (χ0) is 12.3. The van der Waals surface area contributed by atoms with E-state index in [2.05, 4.69) is 10.3 Å². The van der Waals surface area contributed by atoms with Gasteiger partial charge < -0.3 is 10.4 Å². The summed E-state index contributed by atoms with van der Waals surface area (Å²) in [7, 11) is 0. The van der Waals surface area contributed by atoms with Gasteiger partial charge in [-0.2, -0.15) is 0 Å². The summed E-state index contributed by atoms with van der Waals surface area (Å²) in [6, 6.07) is 1.40. The average Bonchev–Trinajstić information content (AvgIpc) is 2.82. The Kier molecular flexibility index (Phi) is 3.18. The number of pyridine rings is 1. The normalized spacial score (nSPS) is 14.8. The highest BCUT2D eigenvalue weighted by molar-refractivity contribution is 5.94. The molecule has 0 fully saturated rings. The Morgan fingerprint density at radius 2 is 2.00 bits per heavy atom. The topological polar surface area (TPSA) is 79.3 Å². The van der Waals surface area contributed by atoms with E-state index in [0.717, 1.165) is 12.8 Å². The highest BCUT2D eigenvalue weighted by atomic mass is 16.4. The van der Waals surface area contributed by atoms with Crippen LogP contribution in [0.1, 0.15) is 23.2 Å². The van der Waals surface area contributed by atoms with Crippen molar-refractivity contribution in [3.05, 3.63) is 36.2 Å². The van der Waals surface area contributed by atoms with E-state index in [1.165, 1.54) is 18.5 Å². The molecule has 0 saturated carbocycles. The zero-order valence-corrected chi connectivity index (χ0v) is 9.09. The maximum atomic E-state index is 11.8. The summed E-state index contributed by atoms with van der Waals surface area (Å²) in [6.07, 6.45) is 8.09. The minimum atomic E-state index is -1.06.